The molecule has 0 saturated carbocycles. The fourth-order valence-corrected chi connectivity index (χ4v) is 3.43. The molecule has 1 aliphatic rings. The number of anilines is 1. The molecular formula is C21H28N4O4. The molecule has 1 N–H and O–H groups in total. The molecule has 1 fully saturated rings. The minimum atomic E-state index is -0.437. The van der Waals surface area contributed by atoms with Crippen molar-refractivity contribution in [2.75, 3.05) is 45.9 Å². The molecule has 3 rings (SSSR count). The number of aromatic nitrogens is 2. The van der Waals surface area contributed by atoms with Crippen LogP contribution in [0, 0.1) is 5.92 Å². The van der Waals surface area contributed by atoms with Crippen LogP contribution in [0.3, 0.4) is 0 Å². The Hall–Kier alpha value is -2.71. The van der Waals surface area contributed by atoms with Crippen LogP contribution in [0.15, 0.2) is 36.7 Å². The molecule has 1 unspecified atom stereocenters. The number of methoxy groups -OCH3 is 3. The first-order valence-electron chi connectivity index (χ1n) is 9.69. The average molecular weight is 400 g/mol. The predicted octanol–water partition coefficient (Wildman–Crippen LogP) is 2.10. The van der Waals surface area contributed by atoms with Crippen LogP contribution in [0.25, 0.3) is 11.3 Å². The van der Waals surface area contributed by atoms with Gasteiger partial charge in [-0.3, -0.25) is 4.79 Å². The summed E-state index contributed by atoms with van der Waals surface area (Å²) in [6.45, 7) is 1.81. The lowest BCUT2D eigenvalue weighted by Gasteiger charge is -2.33. The number of nitrogens with zero attached hydrogens (tertiary/aromatic N) is 3. The van der Waals surface area contributed by atoms with Crippen molar-refractivity contribution >= 4 is 11.7 Å². The Kier molecular flexibility index (Phi) is 7.37. The van der Waals surface area contributed by atoms with Crippen molar-refractivity contribution in [2.45, 2.75) is 19.1 Å². The molecule has 1 aliphatic heterocycles. The number of rotatable bonds is 8. The summed E-state index contributed by atoms with van der Waals surface area (Å²) in [6, 6.07) is 9.73. The summed E-state index contributed by atoms with van der Waals surface area (Å²) in [5.74, 6) is 1.54. The smallest absolute Gasteiger partial charge is 0.225 e. The highest BCUT2D eigenvalue weighted by Crippen LogP contribution is 2.26. The second kappa shape index (κ2) is 10.2. The number of nitrogens with one attached hydrogen (secondary N) is 1. The van der Waals surface area contributed by atoms with Gasteiger partial charge in [-0.25, -0.2) is 9.97 Å². The first-order chi connectivity index (χ1) is 14.1. The molecule has 8 heteroatoms. The van der Waals surface area contributed by atoms with E-state index < -0.39 is 6.29 Å². The van der Waals surface area contributed by atoms with E-state index in [0.29, 0.717) is 13.1 Å². The molecule has 1 saturated heterocycles. The number of piperidine rings is 1. The SMILES string of the molecule is COc1ccc(-c2cc(N3CCCC(C(=O)NCC(OC)OC)C3)ncn2)cc1. The van der Waals surface area contributed by atoms with Gasteiger partial charge in [0.15, 0.2) is 6.29 Å². The second-order valence-electron chi connectivity index (χ2n) is 6.92. The van der Waals surface area contributed by atoms with Gasteiger partial charge in [0.2, 0.25) is 5.91 Å². The fourth-order valence-electron chi connectivity index (χ4n) is 3.43. The van der Waals surface area contributed by atoms with Crippen molar-refractivity contribution in [3.05, 3.63) is 36.7 Å². The standard InChI is InChI=1S/C21H28N4O4/c1-27-17-8-6-15(7-9-17)18-11-19(24-14-23-18)25-10-4-5-16(13-25)21(26)22-12-20(28-2)29-3/h6-9,11,14,16,20H,4-5,10,12-13H2,1-3H3,(H,22,26). The van der Waals surface area contributed by atoms with Gasteiger partial charge >= 0.3 is 0 Å². The molecule has 156 valence electrons. The van der Waals surface area contributed by atoms with Crippen molar-refractivity contribution in [3.63, 3.8) is 0 Å². The number of benzene rings is 1. The zero-order valence-electron chi connectivity index (χ0n) is 17.1. The molecule has 2 heterocycles. The molecule has 1 aromatic carbocycles. The van der Waals surface area contributed by atoms with Gasteiger partial charge in [0, 0.05) is 38.9 Å². The van der Waals surface area contributed by atoms with Gasteiger partial charge in [-0.2, -0.15) is 0 Å². The molecule has 8 nitrogen and oxygen atoms in total. The zero-order chi connectivity index (χ0) is 20.6. The van der Waals surface area contributed by atoms with E-state index in [1.54, 1.807) is 27.7 Å². The minimum Gasteiger partial charge on any atom is -0.497 e. The third-order valence-corrected chi connectivity index (χ3v) is 5.12. The number of amides is 1. The maximum absolute atomic E-state index is 12.6. The van der Waals surface area contributed by atoms with Gasteiger partial charge in [0.25, 0.3) is 0 Å². The minimum absolute atomic E-state index is 0.0123. The molecule has 0 spiro atoms. The molecule has 1 amide bonds. The van der Waals surface area contributed by atoms with Crippen LogP contribution in [0.5, 0.6) is 5.75 Å². The summed E-state index contributed by atoms with van der Waals surface area (Å²) >= 11 is 0. The van der Waals surface area contributed by atoms with Crippen molar-refractivity contribution in [1.82, 2.24) is 15.3 Å². The lowest BCUT2D eigenvalue weighted by molar-refractivity contribution is -0.131. The number of carbonyl (C=O) groups excluding carboxylic acids is 1. The van der Waals surface area contributed by atoms with Crippen molar-refractivity contribution in [3.8, 4) is 17.0 Å². The van der Waals surface area contributed by atoms with E-state index in [0.717, 1.165) is 42.2 Å². The van der Waals surface area contributed by atoms with Crippen LogP contribution >= 0.6 is 0 Å². The normalized spacial score (nSPS) is 16.7. The van der Waals surface area contributed by atoms with Crippen molar-refractivity contribution in [2.24, 2.45) is 5.92 Å². The Morgan fingerprint density at radius 1 is 1.21 bits per heavy atom. The first-order valence-corrected chi connectivity index (χ1v) is 9.69. The van der Waals surface area contributed by atoms with E-state index in [4.69, 9.17) is 14.2 Å². The molecule has 2 aromatic rings. The Bertz CT molecular complexity index is 796. The Morgan fingerprint density at radius 2 is 1.97 bits per heavy atom. The molecular weight excluding hydrogens is 372 g/mol. The summed E-state index contributed by atoms with van der Waals surface area (Å²) in [6.07, 6.45) is 2.91. The molecule has 29 heavy (non-hydrogen) atoms. The maximum atomic E-state index is 12.6. The van der Waals surface area contributed by atoms with Gasteiger partial charge in [-0.1, -0.05) is 0 Å². The summed E-state index contributed by atoms with van der Waals surface area (Å²) in [5, 5.41) is 2.91. The van der Waals surface area contributed by atoms with E-state index in [1.807, 2.05) is 30.3 Å². The van der Waals surface area contributed by atoms with Gasteiger partial charge in [0.05, 0.1) is 25.3 Å². The quantitative estimate of drug-likeness (QED) is 0.679. The summed E-state index contributed by atoms with van der Waals surface area (Å²) in [5.41, 5.74) is 1.83. The summed E-state index contributed by atoms with van der Waals surface area (Å²) in [7, 11) is 4.75. The average Bonchev–Trinajstić information content (AvgIpc) is 2.80. The van der Waals surface area contributed by atoms with Crippen LogP contribution in [0.4, 0.5) is 5.82 Å². The van der Waals surface area contributed by atoms with E-state index in [9.17, 15) is 4.79 Å². The highest BCUT2D eigenvalue weighted by Gasteiger charge is 2.27. The Balaban J connectivity index is 1.66. The largest absolute Gasteiger partial charge is 0.497 e. The lowest BCUT2D eigenvalue weighted by atomic mass is 9.97. The van der Waals surface area contributed by atoms with E-state index in [2.05, 4.69) is 20.2 Å². The summed E-state index contributed by atoms with van der Waals surface area (Å²) in [4.78, 5) is 23.5. The molecule has 1 aromatic heterocycles. The van der Waals surface area contributed by atoms with Crippen LogP contribution < -0.4 is 15.0 Å². The van der Waals surface area contributed by atoms with Crippen molar-refractivity contribution in [1.29, 1.82) is 0 Å². The Morgan fingerprint density at radius 3 is 2.66 bits per heavy atom. The van der Waals surface area contributed by atoms with Gasteiger partial charge in [0.1, 0.15) is 17.9 Å². The second-order valence-corrected chi connectivity index (χ2v) is 6.92. The number of ether oxygens (including phenoxy) is 3. The van der Waals surface area contributed by atoms with Crippen LogP contribution in [0.2, 0.25) is 0 Å². The van der Waals surface area contributed by atoms with Gasteiger partial charge < -0.3 is 24.4 Å². The third-order valence-electron chi connectivity index (χ3n) is 5.12. The van der Waals surface area contributed by atoms with E-state index >= 15 is 0 Å². The molecule has 0 radical (unpaired) electrons. The lowest BCUT2D eigenvalue weighted by Crippen LogP contribution is -2.45. The van der Waals surface area contributed by atoms with Crippen LogP contribution in [-0.4, -0.2) is 63.1 Å². The van der Waals surface area contributed by atoms with Crippen LogP contribution in [0.1, 0.15) is 12.8 Å². The third kappa shape index (κ3) is 5.42. The highest BCUT2D eigenvalue weighted by atomic mass is 16.7. The number of hydrogen-bond donors (Lipinski definition) is 1. The number of hydrogen-bond acceptors (Lipinski definition) is 7. The molecule has 1 atom stereocenters. The Labute approximate surface area is 171 Å². The van der Waals surface area contributed by atoms with Gasteiger partial charge in [-0.05, 0) is 37.1 Å². The molecule has 0 bridgehead atoms. The topological polar surface area (TPSA) is 85.8 Å². The van der Waals surface area contributed by atoms with Crippen molar-refractivity contribution < 1.29 is 19.0 Å². The monoisotopic (exact) mass is 400 g/mol. The molecule has 0 aliphatic carbocycles. The summed E-state index contributed by atoms with van der Waals surface area (Å²) < 4.78 is 15.5. The zero-order valence-corrected chi connectivity index (χ0v) is 17.1. The van der Waals surface area contributed by atoms with E-state index in [-0.39, 0.29) is 11.8 Å². The highest BCUT2D eigenvalue weighted by molar-refractivity contribution is 5.79. The number of carbonyl (C=O) groups is 1. The maximum Gasteiger partial charge on any atom is 0.225 e. The van der Waals surface area contributed by atoms with Gasteiger partial charge in [-0.15, -0.1) is 0 Å². The van der Waals surface area contributed by atoms with Crippen LogP contribution in [-0.2, 0) is 14.3 Å². The predicted molar refractivity (Wildman–Crippen MR) is 110 cm³/mol. The first kappa shape index (κ1) is 21.0. The van der Waals surface area contributed by atoms with E-state index in [1.165, 1.54) is 0 Å². The fraction of sp³-hybridized carbons (Fsp3) is 0.476.